The van der Waals surface area contributed by atoms with Crippen LogP contribution in [0.2, 0.25) is 0 Å². The van der Waals surface area contributed by atoms with Gasteiger partial charge in [-0.3, -0.25) is 9.69 Å². The van der Waals surface area contributed by atoms with Crippen LogP contribution in [0.3, 0.4) is 0 Å². The third-order valence-corrected chi connectivity index (χ3v) is 3.29. The van der Waals surface area contributed by atoms with E-state index in [9.17, 15) is 4.79 Å². The molecule has 0 bridgehead atoms. The van der Waals surface area contributed by atoms with Crippen LogP contribution in [0.15, 0.2) is 42.6 Å². The van der Waals surface area contributed by atoms with E-state index in [4.69, 9.17) is 4.74 Å². The number of para-hydroxylation sites is 1. The van der Waals surface area contributed by atoms with Crippen molar-refractivity contribution in [3.05, 3.63) is 48.3 Å². The van der Waals surface area contributed by atoms with Crippen LogP contribution in [0.25, 0.3) is 5.69 Å². The van der Waals surface area contributed by atoms with Crippen molar-refractivity contribution in [2.45, 2.75) is 13.5 Å². The number of methoxy groups -OCH3 is 1. The molecule has 0 N–H and O–H groups in total. The van der Waals surface area contributed by atoms with Gasteiger partial charge in [0.25, 0.3) is 0 Å². The fourth-order valence-electron chi connectivity index (χ4n) is 2.25. The lowest BCUT2D eigenvalue weighted by Gasteiger charge is -2.18. The predicted molar refractivity (Wildman–Crippen MR) is 81.1 cm³/mol. The summed E-state index contributed by atoms with van der Waals surface area (Å²) in [5.41, 5.74) is 2.01. The van der Waals surface area contributed by atoms with Gasteiger partial charge in [-0.05, 0) is 25.2 Å². The van der Waals surface area contributed by atoms with Crippen LogP contribution in [0.1, 0.15) is 12.6 Å². The van der Waals surface area contributed by atoms with Crippen LogP contribution in [-0.4, -0.2) is 41.4 Å². The number of carbonyl (C=O) groups is 1. The third kappa shape index (κ3) is 4.16. The van der Waals surface area contributed by atoms with E-state index >= 15 is 0 Å². The number of carbonyl (C=O) groups excluding carboxylic acids is 1. The minimum Gasteiger partial charge on any atom is -0.469 e. The molecule has 2 rings (SSSR count). The maximum Gasteiger partial charge on any atom is 0.309 e. The summed E-state index contributed by atoms with van der Waals surface area (Å²) in [5, 5.41) is 4.55. The van der Waals surface area contributed by atoms with Gasteiger partial charge in [-0.2, -0.15) is 5.10 Å². The van der Waals surface area contributed by atoms with Crippen molar-refractivity contribution in [3.63, 3.8) is 0 Å². The predicted octanol–water partition coefficient (Wildman–Crippen LogP) is 2.11. The molecular formula is C16H21N3O2. The van der Waals surface area contributed by atoms with Crippen molar-refractivity contribution in [3.8, 4) is 5.69 Å². The van der Waals surface area contributed by atoms with Gasteiger partial charge in [0.15, 0.2) is 0 Å². The van der Waals surface area contributed by atoms with Crippen molar-refractivity contribution < 1.29 is 9.53 Å². The maximum atomic E-state index is 11.4. The molecule has 0 amide bonds. The lowest BCUT2D eigenvalue weighted by molar-refractivity contribution is -0.145. The standard InChI is InChI=1S/C16H21N3O2/c1-13(16(20)21-3)11-18(2)12-14-9-10-19(17-14)15-7-5-4-6-8-15/h4-10,13H,11-12H2,1-3H3. The van der Waals surface area contributed by atoms with Gasteiger partial charge in [-0.25, -0.2) is 4.68 Å². The Morgan fingerprint density at radius 3 is 2.71 bits per heavy atom. The molecule has 0 aliphatic rings. The van der Waals surface area contributed by atoms with Gasteiger partial charge < -0.3 is 4.74 Å². The first-order valence-electron chi connectivity index (χ1n) is 6.96. The number of rotatable bonds is 6. The first-order valence-corrected chi connectivity index (χ1v) is 6.96. The highest BCUT2D eigenvalue weighted by Crippen LogP contribution is 2.09. The molecule has 0 aliphatic carbocycles. The van der Waals surface area contributed by atoms with E-state index in [0.717, 1.165) is 11.4 Å². The minimum absolute atomic E-state index is 0.142. The monoisotopic (exact) mass is 287 g/mol. The zero-order valence-corrected chi connectivity index (χ0v) is 12.7. The van der Waals surface area contributed by atoms with E-state index < -0.39 is 0 Å². The van der Waals surface area contributed by atoms with Gasteiger partial charge in [0, 0.05) is 19.3 Å². The van der Waals surface area contributed by atoms with Crippen LogP contribution in [0, 0.1) is 5.92 Å². The summed E-state index contributed by atoms with van der Waals surface area (Å²) in [4.78, 5) is 13.5. The van der Waals surface area contributed by atoms with E-state index in [-0.39, 0.29) is 11.9 Å². The Bertz CT molecular complexity index is 580. The van der Waals surface area contributed by atoms with Crippen molar-refractivity contribution in [1.29, 1.82) is 0 Å². The summed E-state index contributed by atoms with van der Waals surface area (Å²) in [5.74, 6) is -0.326. The number of benzene rings is 1. The average Bonchev–Trinajstić information content (AvgIpc) is 2.95. The highest BCUT2D eigenvalue weighted by Gasteiger charge is 2.16. The zero-order chi connectivity index (χ0) is 15.2. The number of esters is 1. The van der Waals surface area contributed by atoms with Crippen LogP contribution in [0.5, 0.6) is 0 Å². The SMILES string of the molecule is COC(=O)C(C)CN(C)Cc1ccn(-c2ccccc2)n1. The molecule has 1 aromatic heterocycles. The van der Waals surface area contributed by atoms with Crippen LogP contribution in [-0.2, 0) is 16.1 Å². The molecule has 1 aromatic carbocycles. The second kappa shape index (κ2) is 7.04. The van der Waals surface area contributed by atoms with Gasteiger partial charge in [0.2, 0.25) is 0 Å². The van der Waals surface area contributed by atoms with Gasteiger partial charge in [0.05, 0.1) is 24.4 Å². The Labute approximate surface area is 125 Å². The lowest BCUT2D eigenvalue weighted by atomic mass is 10.2. The van der Waals surface area contributed by atoms with Gasteiger partial charge >= 0.3 is 5.97 Å². The fraction of sp³-hybridized carbons (Fsp3) is 0.375. The average molecular weight is 287 g/mol. The van der Waals surface area contributed by atoms with Crippen molar-refractivity contribution >= 4 is 5.97 Å². The van der Waals surface area contributed by atoms with Crippen LogP contribution >= 0.6 is 0 Å². The maximum absolute atomic E-state index is 11.4. The zero-order valence-electron chi connectivity index (χ0n) is 12.7. The molecule has 0 saturated carbocycles. The van der Waals surface area contributed by atoms with Crippen molar-refractivity contribution in [2.75, 3.05) is 20.7 Å². The van der Waals surface area contributed by atoms with Gasteiger partial charge in [-0.15, -0.1) is 0 Å². The molecule has 0 saturated heterocycles. The molecule has 2 aromatic rings. The second-order valence-electron chi connectivity index (χ2n) is 5.21. The summed E-state index contributed by atoms with van der Waals surface area (Å²) >= 11 is 0. The topological polar surface area (TPSA) is 47.4 Å². The Kier molecular flexibility index (Phi) is 5.11. The van der Waals surface area contributed by atoms with Crippen molar-refractivity contribution in [1.82, 2.24) is 14.7 Å². The third-order valence-electron chi connectivity index (χ3n) is 3.29. The molecule has 5 nitrogen and oxygen atoms in total. The summed E-state index contributed by atoms with van der Waals surface area (Å²) in [7, 11) is 3.39. The molecule has 1 atom stereocenters. The number of ether oxygens (including phenoxy) is 1. The fourth-order valence-corrected chi connectivity index (χ4v) is 2.25. The highest BCUT2D eigenvalue weighted by molar-refractivity contribution is 5.72. The highest BCUT2D eigenvalue weighted by atomic mass is 16.5. The quantitative estimate of drug-likeness (QED) is 0.764. The van der Waals surface area contributed by atoms with E-state index in [2.05, 4.69) is 10.00 Å². The van der Waals surface area contributed by atoms with Gasteiger partial charge in [-0.1, -0.05) is 25.1 Å². The first kappa shape index (κ1) is 15.3. The van der Waals surface area contributed by atoms with E-state index in [0.29, 0.717) is 13.1 Å². The molecule has 0 fully saturated rings. The molecule has 0 aliphatic heterocycles. The molecule has 1 heterocycles. The molecule has 0 spiro atoms. The normalized spacial score (nSPS) is 12.4. The van der Waals surface area contributed by atoms with Gasteiger partial charge in [0.1, 0.15) is 0 Å². The molecule has 21 heavy (non-hydrogen) atoms. The summed E-state index contributed by atoms with van der Waals surface area (Å²) < 4.78 is 6.59. The Balaban J connectivity index is 1.95. The second-order valence-corrected chi connectivity index (χ2v) is 5.21. The molecular weight excluding hydrogens is 266 g/mol. The Morgan fingerprint density at radius 2 is 2.05 bits per heavy atom. The minimum atomic E-state index is -0.184. The Morgan fingerprint density at radius 1 is 1.33 bits per heavy atom. The molecule has 1 unspecified atom stereocenters. The smallest absolute Gasteiger partial charge is 0.309 e. The van der Waals surface area contributed by atoms with Crippen LogP contribution in [0.4, 0.5) is 0 Å². The molecule has 0 radical (unpaired) electrons. The number of hydrogen-bond acceptors (Lipinski definition) is 4. The first-order chi connectivity index (χ1) is 10.1. The van der Waals surface area contributed by atoms with Crippen LogP contribution < -0.4 is 0 Å². The summed E-state index contributed by atoms with van der Waals surface area (Å²) in [6.45, 7) is 3.21. The van der Waals surface area contributed by atoms with E-state index in [1.807, 2.05) is 61.2 Å². The largest absolute Gasteiger partial charge is 0.469 e. The molecule has 5 heteroatoms. The Hall–Kier alpha value is -2.14. The number of nitrogens with zero attached hydrogens (tertiary/aromatic N) is 3. The van der Waals surface area contributed by atoms with E-state index in [1.54, 1.807) is 0 Å². The van der Waals surface area contributed by atoms with E-state index in [1.165, 1.54) is 7.11 Å². The summed E-state index contributed by atoms with van der Waals surface area (Å²) in [6, 6.07) is 12.0. The summed E-state index contributed by atoms with van der Waals surface area (Å²) in [6.07, 6.45) is 1.95. The number of aromatic nitrogens is 2. The van der Waals surface area contributed by atoms with Crippen molar-refractivity contribution in [2.24, 2.45) is 5.92 Å². The molecule has 112 valence electrons. The number of hydrogen-bond donors (Lipinski definition) is 0. The lowest BCUT2D eigenvalue weighted by Crippen LogP contribution is -2.29.